The first-order valence-electron chi connectivity index (χ1n) is 11.6. The first-order chi connectivity index (χ1) is 17.8. The third kappa shape index (κ3) is 4.13. The number of thiophene rings is 1. The molecule has 188 valence electrons. The van der Waals surface area contributed by atoms with Gasteiger partial charge in [0, 0.05) is 45.4 Å². The van der Waals surface area contributed by atoms with Crippen LogP contribution in [0.5, 0.6) is 5.75 Å². The summed E-state index contributed by atoms with van der Waals surface area (Å²) < 4.78 is 0. The number of nitrogens with one attached hydrogen (secondary N) is 2. The van der Waals surface area contributed by atoms with Crippen LogP contribution in [0, 0.1) is 0 Å². The Morgan fingerprint density at radius 1 is 1.00 bits per heavy atom. The molecule has 5 aromatic rings. The summed E-state index contributed by atoms with van der Waals surface area (Å²) in [5.41, 5.74) is 3.75. The van der Waals surface area contributed by atoms with E-state index in [1.54, 1.807) is 49.7 Å². The monoisotopic (exact) mass is 516 g/mol. The van der Waals surface area contributed by atoms with Gasteiger partial charge in [0.15, 0.2) is 0 Å². The Hall–Kier alpha value is -4.18. The van der Waals surface area contributed by atoms with Crippen molar-refractivity contribution in [3.63, 3.8) is 0 Å². The Labute approximate surface area is 215 Å². The highest BCUT2D eigenvalue weighted by Crippen LogP contribution is 2.46. The number of fused-ring (bicyclic) bond motifs is 2. The number of rotatable bonds is 8. The lowest BCUT2D eigenvalue weighted by molar-refractivity contribution is 0.0702. The van der Waals surface area contributed by atoms with Crippen molar-refractivity contribution in [2.75, 3.05) is 6.61 Å². The fourth-order valence-electron chi connectivity index (χ4n) is 4.69. The molecule has 6 N–H and O–H groups in total. The van der Waals surface area contributed by atoms with Crippen LogP contribution >= 0.6 is 11.3 Å². The zero-order chi connectivity index (χ0) is 26.3. The van der Waals surface area contributed by atoms with Crippen LogP contribution in [0.2, 0.25) is 0 Å². The van der Waals surface area contributed by atoms with Crippen LogP contribution in [-0.4, -0.2) is 48.8 Å². The van der Waals surface area contributed by atoms with Crippen molar-refractivity contribution in [3.05, 3.63) is 87.4 Å². The lowest BCUT2D eigenvalue weighted by Gasteiger charge is -2.07. The summed E-state index contributed by atoms with van der Waals surface area (Å²) in [4.78, 5) is 31.8. The number of aliphatic hydroxyl groups is 2. The fraction of sp³-hybridized carbons (Fsp3) is 0.143. The molecule has 2 aromatic carbocycles. The number of ketones is 1. The van der Waals surface area contributed by atoms with Crippen molar-refractivity contribution in [3.8, 4) is 16.9 Å². The quantitative estimate of drug-likeness (QED) is 0.124. The highest BCUT2D eigenvalue weighted by atomic mass is 32.1. The normalized spacial score (nSPS) is 12.6. The first kappa shape index (κ1) is 24.5. The molecule has 0 amide bonds. The zero-order valence-electron chi connectivity index (χ0n) is 19.8. The second kappa shape index (κ2) is 9.70. The minimum Gasteiger partial charge on any atom is -0.506 e. The average molecular weight is 517 g/mol. The number of H-pyrrole nitrogens is 2. The van der Waals surface area contributed by atoms with E-state index in [2.05, 4.69) is 9.97 Å². The highest BCUT2D eigenvalue weighted by molar-refractivity contribution is 7.17. The Balaban J connectivity index is 1.64. The van der Waals surface area contributed by atoms with E-state index in [0.717, 1.165) is 22.4 Å². The van der Waals surface area contributed by atoms with E-state index < -0.39 is 23.6 Å². The number of hydrogen-bond donors (Lipinski definition) is 6. The Kier molecular flexibility index (Phi) is 6.43. The van der Waals surface area contributed by atoms with Gasteiger partial charge in [-0.05, 0) is 18.9 Å². The number of aromatic amines is 2. The summed E-state index contributed by atoms with van der Waals surface area (Å²) in [7, 11) is 0. The van der Waals surface area contributed by atoms with Crippen LogP contribution in [0.1, 0.15) is 49.1 Å². The fourth-order valence-corrected chi connectivity index (χ4v) is 5.69. The van der Waals surface area contributed by atoms with Gasteiger partial charge in [-0.3, -0.25) is 4.79 Å². The molecular weight excluding hydrogens is 492 g/mol. The molecule has 0 aliphatic heterocycles. The second-order valence-corrected chi connectivity index (χ2v) is 9.69. The Morgan fingerprint density at radius 2 is 1.73 bits per heavy atom. The number of para-hydroxylation sites is 2. The number of hydrogen-bond acceptors (Lipinski definition) is 6. The van der Waals surface area contributed by atoms with Crippen LogP contribution in [-0.2, 0) is 6.42 Å². The van der Waals surface area contributed by atoms with Crippen molar-refractivity contribution < 1.29 is 30.0 Å². The maximum absolute atomic E-state index is 13.6. The third-order valence-corrected chi connectivity index (χ3v) is 7.57. The summed E-state index contributed by atoms with van der Waals surface area (Å²) >= 11 is 0.732. The maximum Gasteiger partial charge on any atom is 0.346 e. The molecule has 9 heteroatoms. The molecule has 1 unspecified atom stereocenters. The molecule has 3 aromatic heterocycles. The van der Waals surface area contributed by atoms with Crippen molar-refractivity contribution in [1.82, 2.24) is 9.97 Å². The van der Waals surface area contributed by atoms with E-state index in [4.69, 9.17) is 5.11 Å². The topological polar surface area (TPSA) is 147 Å². The van der Waals surface area contributed by atoms with E-state index in [-0.39, 0.29) is 21.9 Å². The molecule has 5 rings (SSSR count). The van der Waals surface area contributed by atoms with E-state index in [9.17, 15) is 24.9 Å². The lowest BCUT2D eigenvalue weighted by atomic mass is 9.99. The number of aliphatic hydroxyl groups excluding tert-OH is 2. The molecule has 0 aliphatic carbocycles. The second-order valence-electron chi connectivity index (χ2n) is 8.67. The average Bonchev–Trinajstić information content (AvgIpc) is 3.58. The summed E-state index contributed by atoms with van der Waals surface area (Å²) in [5, 5.41) is 41.6. The van der Waals surface area contributed by atoms with Crippen LogP contribution in [0.25, 0.3) is 32.9 Å². The Bertz CT molecular complexity index is 1690. The van der Waals surface area contributed by atoms with Gasteiger partial charge in [0.2, 0.25) is 5.78 Å². The number of carboxylic acid groups (broad SMARTS) is 1. The molecule has 0 fully saturated rings. The van der Waals surface area contributed by atoms with Crippen molar-refractivity contribution in [1.29, 1.82) is 0 Å². The van der Waals surface area contributed by atoms with Crippen molar-refractivity contribution >= 4 is 44.9 Å². The van der Waals surface area contributed by atoms with Gasteiger partial charge in [0.1, 0.15) is 15.5 Å². The van der Waals surface area contributed by atoms with Crippen molar-refractivity contribution in [2.45, 2.75) is 19.4 Å². The number of carboxylic acids is 1. The van der Waals surface area contributed by atoms with Crippen LogP contribution in [0.3, 0.4) is 0 Å². The number of aromatic carboxylic acids is 1. The SMILES string of the molecule is CC(O)c1cccc2c(-c3c(C(=O)O)sc(C(=O)c4c[nH]c5c(CC=CCO)cccc45)c3O)c[nH]c12. The zero-order valence-corrected chi connectivity index (χ0v) is 20.6. The standard InChI is InChI=1S/C28H24N2O6S/c1-14(32)16-8-5-10-17-19(12-30-23(16)17)21-25(34)27(37-26(21)28(35)36)24(33)20-13-29-22-15(6-2-3-11-31)7-4-9-18(20)22/h2-5,7-10,12-14,29-32,34H,6,11H2,1H3,(H,35,36). The minimum atomic E-state index is -1.26. The van der Waals surface area contributed by atoms with E-state index in [1.165, 1.54) is 0 Å². The molecule has 0 saturated carbocycles. The number of aromatic nitrogens is 2. The van der Waals surface area contributed by atoms with E-state index >= 15 is 0 Å². The third-order valence-electron chi connectivity index (χ3n) is 6.41. The summed E-state index contributed by atoms with van der Waals surface area (Å²) in [6.07, 6.45) is 6.41. The smallest absolute Gasteiger partial charge is 0.346 e. The van der Waals surface area contributed by atoms with Crippen molar-refractivity contribution in [2.24, 2.45) is 0 Å². The van der Waals surface area contributed by atoms with Crippen LogP contribution < -0.4 is 0 Å². The Morgan fingerprint density at radius 3 is 2.46 bits per heavy atom. The predicted molar refractivity (Wildman–Crippen MR) is 143 cm³/mol. The predicted octanol–water partition coefficient (Wildman–Crippen LogP) is 5.16. The highest BCUT2D eigenvalue weighted by Gasteiger charge is 2.30. The van der Waals surface area contributed by atoms with Crippen LogP contribution in [0.15, 0.2) is 60.9 Å². The van der Waals surface area contributed by atoms with Gasteiger partial charge in [-0.15, -0.1) is 11.3 Å². The number of carbonyl (C=O) groups is 2. The molecule has 0 bridgehead atoms. The summed E-state index contributed by atoms with van der Waals surface area (Å²) in [6.45, 7) is 1.57. The van der Waals surface area contributed by atoms with Gasteiger partial charge in [-0.25, -0.2) is 4.79 Å². The molecular formula is C28H24N2O6S. The molecule has 1 atom stereocenters. The van der Waals surface area contributed by atoms with Gasteiger partial charge in [0.25, 0.3) is 0 Å². The lowest BCUT2D eigenvalue weighted by Crippen LogP contribution is -1.98. The van der Waals surface area contributed by atoms with Crippen LogP contribution in [0.4, 0.5) is 0 Å². The van der Waals surface area contributed by atoms with E-state index in [0.29, 0.717) is 39.4 Å². The molecule has 0 spiro atoms. The molecule has 37 heavy (non-hydrogen) atoms. The maximum atomic E-state index is 13.6. The summed E-state index contributed by atoms with van der Waals surface area (Å²) in [5.74, 6) is -2.14. The first-order valence-corrected chi connectivity index (χ1v) is 12.4. The molecule has 0 radical (unpaired) electrons. The summed E-state index contributed by atoms with van der Waals surface area (Å²) in [6, 6.07) is 10.8. The number of benzene rings is 2. The van der Waals surface area contributed by atoms with Gasteiger partial charge < -0.3 is 30.4 Å². The van der Waals surface area contributed by atoms with Gasteiger partial charge in [-0.1, -0.05) is 48.6 Å². The molecule has 3 heterocycles. The number of carbonyl (C=O) groups excluding carboxylic acids is 1. The van der Waals surface area contributed by atoms with Gasteiger partial charge in [0.05, 0.1) is 23.8 Å². The molecule has 0 saturated heterocycles. The number of aromatic hydroxyl groups is 1. The number of allylic oxidation sites excluding steroid dienone is 1. The largest absolute Gasteiger partial charge is 0.506 e. The van der Waals surface area contributed by atoms with E-state index in [1.807, 2.05) is 18.2 Å². The van der Waals surface area contributed by atoms with Gasteiger partial charge >= 0.3 is 5.97 Å². The minimum absolute atomic E-state index is 0.0597. The molecule has 8 nitrogen and oxygen atoms in total. The molecule has 0 aliphatic rings. The van der Waals surface area contributed by atoms with Gasteiger partial charge in [-0.2, -0.15) is 0 Å².